The van der Waals surface area contributed by atoms with Crippen molar-refractivity contribution in [2.24, 2.45) is 0 Å². The maximum absolute atomic E-state index is 12.0. The van der Waals surface area contributed by atoms with E-state index in [9.17, 15) is 4.79 Å². The zero-order valence-corrected chi connectivity index (χ0v) is 21.3. The van der Waals surface area contributed by atoms with Crippen LogP contribution in [-0.2, 0) is 16.0 Å². The number of allylic oxidation sites excluding steroid dienone is 1. The van der Waals surface area contributed by atoms with E-state index in [0.29, 0.717) is 12.2 Å². The number of ether oxygens (including phenoxy) is 2. The first-order valence-corrected chi connectivity index (χ1v) is 13.2. The van der Waals surface area contributed by atoms with Gasteiger partial charge in [0.25, 0.3) is 0 Å². The van der Waals surface area contributed by atoms with E-state index in [1.165, 1.54) is 50.5 Å². The maximum Gasteiger partial charge on any atom is 0.315 e. The number of aryl methyl sites for hydroxylation is 1. The molecule has 34 heavy (non-hydrogen) atoms. The van der Waals surface area contributed by atoms with Crippen molar-refractivity contribution in [1.82, 2.24) is 4.98 Å². The zero-order chi connectivity index (χ0) is 24.3. The Balaban J connectivity index is 1.67. The Labute approximate surface area is 206 Å². The van der Waals surface area contributed by atoms with Crippen molar-refractivity contribution >= 4 is 5.97 Å². The van der Waals surface area contributed by atoms with Gasteiger partial charge in [-0.2, -0.15) is 0 Å². The summed E-state index contributed by atoms with van der Waals surface area (Å²) in [6.07, 6.45) is 19.0. The van der Waals surface area contributed by atoms with Crippen LogP contribution in [0.5, 0.6) is 5.75 Å². The third-order valence-corrected chi connectivity index (χ3v) is 5.75. The van der Waals surface area contributed by atoms with E-state index in [0.717, 1.165) is 50.2 Å². The van der Waals surface area contributed by atoms with Crippen molar-refractivity contribution in [1.29, 1.82) is 0 Å². The Kier molecular flexibility index (Phi) is 14.7. The van der Waals surface area contributed by atoms with Crippen LogP contribution in [0.3, 0.4) is 0 Å². The Morgan fingerprint density at radius 1 is 0.824 bits per heavy atom. The zero-order valence-electron chi connectivity index (χ0n) is 21.3. The molecule has 0 bridgehead atoms. The number of hydrogen-bond donors (Lipinski definition) is 0. The summed E-state index contributed by atoms with van der Waals surface area (Å²) in [5.41, 5.74) is 3.29. The molecular weight excluding hydrogens is 422 g/mol. The number of unbranched alkanes of at least 4 members (excludes halogenated alkanes) is 7. The molecule has 0 saturated heterocycles. The van der Waals surface area contributed by atoms with Crippen LogP contribution in [0, 0.1) is 0 Å². The fourth-order valence-corrected chi connectivity index (χ4v) is 3.75. The number of carbonyl (C=O) groups is 1. The lowest BCUT2D eigenvalue weighted by Gasteiger charge is -2.06. The Morgan fingerprint density at radius 3 is 2.35 bits per heavy atom. The lowest BCUT2D eigenvalue weighted by molar-refractivity contribution is -0.133. The quantitative estimate of drug-likeness (QED) is 0.127. The van der Waals surface area contributed by atoms with Gasteiger partial charge in [-0.15, -0.1) is 0 Å². The Morgan fingerprint density at radius 2 is 1.62 bits per heavy atom. The highest BCUT2D eigenvalue weighted by Crippen LogP contribution is 2.21. The number of pyridine rings is 1. The molecule has 2 aromatic rings. The second-order valence-electron chi connectivity index (χ2n) is 8.85. The molecule has 0 unspecified atom stereocenters. The predicted molar refractivity (Wildman–Crippen MR) is 141 cm³/mol. The largest absolute Gasteiger partial charge is 0.425 e. The molecule has 1 heterocycles. The molecule has 0 aliphatic heterocycles. The molecule has 1 aromatic carbocycles. The second kappa shape index (κ2) is 17.9. The van der Waals surface area contributed by atoms with Crippen molar-refractivity contribution in [3.05, 3.63) is 60.3 Å². The summed E-state index contributed by atoms with van der Waals surface area (Å²) in [4.78, 5) is 16.5. The summed E-state index contributed by atoms with van der Waals surface area (Å²) in [5.74, 6) is 0.235. The van der Waals surface area contributed by atoms with Crippen LogP contribution in [-0.4, -0.2) is 24.2 Å². The Hall–Kier alpha value is -2.46. The molecule has 0 saturated carbocycles. The molecule has 0 radical (unpaired) electrons. The van der Waals surface area contributed by atoms with Crippen molar-refractivity contribution in [3.63, 3.8) is 0 Å². The summed E-state index contributed by atoms with van der Waals surface area (Å²) >= 11 is 0. The number of aromatic nitrogens is 1. The molecule has 0 aliphatic rings. The Bertz CT molecular complexity index is 812. The highest BCUT2D eigenvalue weighted by Gasteiger charge is 2.05. The molecular formula is C30H43NO3. The van der Waals surface area contributed by atoms with E-state index in [4.69, 9.17) is 9.47 Å². The number of nitrogens with zero attached hydrogens (tertiary/aromatic N) is 1. The lowest BCUT2D eigenvalue weighted by Crippen LogP contribution is -2.06. The molecule has 2 rings (SSSR count). The third kappa shape index (κ3) is 12.1. The number of rotatable bonds is 18. The van der Waals surface area contributed by atoms with Crippen LogP contribution in [0.2, 0.25) is 0 Å². The molecule has 0 spiro atoms. The van der Waals surface area contributed by atoms with Gasteiger partial charge in [0.2, 0.25) is 0 Å². The normalized spacial score (nSPS) is 11.2. The van der Waals surface area contributed by atoms with Gasteiger partial charge in [-0.25, -0.2) is 0 Å². The van der Waals surface area contributed by atoms with E-state index in [1.807, 2.05) is 18.2 Å². The van der Waals surface area contributed by atoms with E-state index >= 15 is 0 Å². The molecule has 0 atom stereocenters. The summed E-state index contributed by atoms with van der Waals surface area (Å²) in [7, 11) is 0. The van der Waals surface area contributed by atoms with Crippen molar-refractivity contribution in [2.75, 3.05) is 13.2 Å². The third-order valence-electron chi connectivity index (χ3n) is 5.75. The minimum absolute atomic E-state index is 0.252. The highest BCUT2D eigenvalue weighted by atomic mass is 16.5. The first-order valence-electron chi connectivity index (χ1n) is 13.2. The summed E-state index contributed by atoms with van der Waals surface area (Å²) in [6, 6.07) is 12.3. The van der Waals surface area contributed by atoms with Gasteiger partial charge in [-0.1, -0.05) is 82.4 Å². The highest BCUT2D eigenvalue weighted by molar-refractivity contribution is 5.74. The van der Waals surface area contributed by atoms with Crippen LogP contribution < -0.4 is 4.74 Å². The molecule has 0 fully saturated rings. The van der Waals surface area contributed by atoms with E-state index < -0.39 is 0 Å². The van der Waals surface area contributed by atoms with Gasteiger partial charge in [0, 0.05) is 18.8 Å². The standard InChI is InChI=1S/C30H43NO3/c1-3-5-6-7-8-9-10-13-16-30(32)34-28-21-22-29(31-25-28)27-19-17-26(18-20-27)15-12-11-14-24-33-23-4-2/h10,13,17-22,25H,3-9,11-12,14-16,23-24H2,1-2H3. The minimum Gasteiger partial charge on any atom is -0.425 e. The average Bonchev–Trinajstić information content (AvgIpc) is 2.86. The van der Waals surface area contributed by atoms with Gasteiger partial charge in [-0.3, -0.25) is 9.78 Å². The summed E-state index contributed by atoms with van der Waals surface area (Å²) < 4.78 is 10.9. The number of esters is 1. The second-order valence-corrected chi connectivity index (χ2v) is 8.85. The molecule has 0 aliphatic carbocycles. The first-order chi connectivity index (χ1) is 16.7. The van der Waals surface area contributed by atoms with Crippen molar-refractivity contribution in [2.45, 2.75) is 90.9 Å². The van der Waals surface area contributed by atoms with Gasteiger partial charge < -0.3 is 9.47 Å². The summed E-state index contributed by atoms with van der Waals surface area (Å²) in [6.45, 7) is 6.11. The van der Waals surface area contributed by atoms with Gasteiger partial charge >= 0.3 is 5.97 Å². The van der Waals surface area contributed by atoms with Crippen LogP contribution in [0.25, 0.3) is 11.3 Å². The maximum atomic E-state index is 12.0. The smallest absolute Gasteiger partial charge is 0.315 e. The fourth-order valence-electron chi connectivity index (χ4n) is 3.75. The van der Waals surface area contributed by atoms with Gasteiger partial charge in [0.15, 0.2) is 0 Å². The molecule has 1 aromatic heterocycles. The SMILES string of the molecule is CCCCCCCC=CCC(=O)Oc1ccc(-c2ccc(CCCCCOCCC)cc2)nc1. The topological polar surface area (TPSA) is 48.4 Å². The minimum atomic E-state index is -0.252. The van der Waals surface area contributed by atoms with Gasteiger partial charge in [0.05, 0.1) is 18.3 Å². The number of benzene rings is 1. The van der Waals surface area contributed by atoms with Crippen molar-refractivity contribution in [3.8, 4) is 17.0 Å². The number of hydrogen-bond acceptors (Lipinski definition) is 4. The van der Waals surface area contributed by atoms with E-state index in [2.05, 4.69) is 49.2 Å². The van der Waals surface area contributed by atoms with Gasteiger partial charge in [0.1, 0.15) is 5.75 Å². The van der Waals surface area contributed by atoms with E-state index in [-0.39, 0.29) is 5.97 Å². The van der Waals surface area contributed by atoms with Crippen molar-refractivity contribution < 1.29 is 14.3 Å². The monoisotopic (exact) mass is 465 g/mol. The number of carbonyl (C=O) groups excluding carboxylic acids is 1. The first kappa shape index (κ1) is 27.8. The van der Waals surface area contributed by atoms with Crippen LogP contribution in [0.1, 0.15) is 90.0 Å². The molecule has 186 valence electrons. The van der Waals surface area contributed by atoms with Crippen LogP contribution >= 0.6 is 0 Å². The molecule has 0 N–H and O–H groups in total. The predicted octanol–water partition coefficient (Wildman–Crippen LogP) is 8.10. The van der Waals surface area contributed by atoms with Gasteiger partial charge in [-0.05, 0) is 56.2 Å². The molecule has 0 amide bonds. The summed E-state index contributed by atoms with van der Waals surface area (Å²) in [5, 5.41) is 0. The average molecular weight is 466 g/mol. The fraction of sp³-hybridized carbons (Fsp3) is 0.533. The van der Waals surface area contributed by atoms with E-state index in [1.54, 1.807) is 6.20 Å². The lowest BCUT2D eigenvalue weighted by atomic mass is 10.0. The van der Waals surface area contributed by atoms with Crippen LogP contribution in [0.4, 0.5) is 0 Å². The molecule has 4 heteroatoms. The van der Waals surface area contributed by atoms with Crippen LogP contribution in [0.15, 0.2) is 54.7 Å². The molecule has 4 nitrogen and oxygen atoms in total.